The molecule has 21 nitrogen and oxygen atoms in total. The Morgan fingerprint density at radius 1 is 0.835 bits per heavy atom. The largest absolute Gasteiger partial charge is 0.399 e. The van der Waals surface area contributed by atoms with Crippen molar-refractivity contribution in [3.8, 4) is 11.8 Å². The number of unbranched alkanes of at least 4 members (excludes halogenated alkanes) is 3. The van der Waals surface area contributed by atoms with Gasteiger partial charge in [-0.3, -0.25) is 53.0 Å². The first kappa shape index (κ1) is 60.9. The molecule has 1 aromatic heterocycles. The van der Waals surface area contributed by atoms with Crippen molar-refractivity contribution in [3.05, 3.63) is 142 Å². The molecule has 9 rings (SSSR count). The number of piperidine rings is 1. The van der Waals surface area contributed by atoms with Crippen LogP contribution in [0.3, 0.4) is 0 Å². The minimum atomic E-state index is -5.96. The third-order valence-electron chi connectivity index (χ3n) is 15.7. The average Bonchev–Trinajstić information content (AvgIpc) is 3.88. The number of primary amides is 1. The summed E-state index contributed by atoms with van der Waals surface area (Å²) in [7, 11) is -5.96. The van der Waals surface area contributed by atoms with Crippen molar-refractivity contribution in [2.75, 3.05) is 13.1 Å². The van der Waals surface area contributed by atoms with Crippen molar-refractivity contribution < 1.29 is 75.1 Å². The number of aromatic amines is 1. The maximum absolute atomic E-state index is 15.0. The van der Waals surface area contributed by atoms with Gasteiger partial charge < -0.3 is 51.2 Å². The van der Waals surface area contributed by atoms with Crippen LogP contribution in [0.4, 0.5) is 17.6 Å². The van der Waals surface area contributed by atoms with Gasteiger partial charge in [-0.15, -0.1) is 0 Å². The number of nitrogens with one attached hydrogen (secondary N) is 5. The van der Waals surface area contributed by atoms with E-state index < -0.39 is 102 Å². The quantitative estimate of drug-likeness (QED) is 0.0182. The summed E-state index contributed by atoms with van der Waals surface area (Å²) in [4.78, 5) is 147. The summed E-state index contributed by atoms with van der Waals surface area (Å²) in [5.74, 6) is -0.579. The maximum atomic E-state index is 15.0. The molecule has 4 aliphatic rings. The number of carbonyl (C=O) groups excluding carboxylic acids is 9. The number of alkyl halides is 2. The highest BCUT2D eigenvalue weighted by atomic mass is 31.2. The van der Waals surface area contributed by atoms with Gasteiger partial charge in [0.25, 0.3) is 11.8 Å². The summed E-state index contributed by atoms with van der Waals surface area (Å²) in [6, 6.07) is 12.6. The number of amides is 9. The molecule has 0 bridgehead atoms. The van der Waals surface area contributed by atoms with Crippen molar-refractivity contribution in [1.29, 1.82) is 0 Å². The summed E-state index contributed by atoms with van der Waals surface area (Å²) < 4.78 is 69.2. The molecule has 9 amide bonds. The van der Waals surface area contributed by atoms with Crippen LogP contribution in [0, 0.1) is 23.5 Å². The second kappa shape index (κ2) is 25.6. The fraction of sp³-hybridized carbons (Fsp3) is 0.373. The third kappa shape index (κ3) is 13.8. The van der Waals surface area contributed by atoms with E-state index in [4.69, 9.17) is 5.73 Å². The van der Waals surface area contributed by atoms with Crippen LogP contribution >= 0.6 is 7.60 Å². The molecule has 1 unspecified atom stereocenters. The number of benzene rings is 4. The summed E-state index contributed by atoms with van der Waals surface area (Å²) in [6.07, 6.45) is 2.22. The molecule has 0 radical (unpaired) electrons. The van der Waals surface area contributed by atoms with Crippen molar-refractivity contribution >= 4 is 71.7 Å². The monoisotopic (exact) mass is 1190 g/mol. The van der Waals surface area contributed by atoms with Crippen molar-refractivity contribution in [1.82, 2.24) is 41.0 Å². The molecule has 4 aliphatic heterocycles. The van der Waals surface area contributed by atoms with E-state index in [1.165, 1.54) is 39.0 Å². The predicted octanol–water partition coefficient (Wildman–Crippen LogP) is 4.78. The van der Waals surface area contributed by atoms with Crippen molar-refractivity contribution in [2.24, 2.45) is 5.73 Å². The Balaban J connectivity index is 0.894. The number of H-pyrrole nitrogens is 1. The normalized spacial score (nSPS) is 19.3. The van der Waals surface area contributed by atoms with Crippen LogP contribution in [0.2, 0.25) is 0 Å². The highest BCUT2D eigenvalue weighted by Gasteiger charge is 2.51. The van der Waals surface area contributed by atoms with Crippen LogP contribution in [-0.2, 0) is 50.3 Å². The fourth-order valence-electron chi connectivity index (χ4n) is 11.2. The molecule has 5 atom stereocenters. The first-order chi connectivity index (χ1) is 40.5. The molecule has 26 heteroatoms. The second-order valence-corrected chi connectivity index (χ2v) is 23.1. The molecular formula is C59H60F4N9O12P. The number of fused-ring (bicyclic) bond motifs is 3. The number of hydrogen-bond donors (Lipinski definition) is 8. The summed E-state index contributed by atoms with van der Waals surface area (Å²) in [5, 5.41) is 10.4. The van der Waals surface area contributed by atoms with E-state index in [1.807, 2.05) is 0 Å². The minimum absolute atomic E-state index is 0.0334. The number of imide groups is 1. The SMILES string of the molecule is NC(=O)CC[C@H](NC(=O)[C@@H]1CC[C@@H]2CCN(C(=O)CCCCCC#Cc3cccc4c3CN(C3CCC(=O)NC3=O)C4=O)C[C@H](NC(=O)c3cc4cc(C(F)(F)P(=O)(O)O)ccc4[nH]3)C(=O)N21)C(=O)NC(c1ccc(F)cc1)c1ccc(F)cc1. The average molecular weight is 1190 g/mol. The lowest BCUT2D eigenvalue weighted by atomic mass is 9.97. The van der Waals surface area contributed by atoms with Gasteiger partial charge in [-0.1, -0.05) is 54.7 Å². The zero-order valence-corrected chi connectivity index (χ0v) is 46.5. The molecule has 5 aromatic rings. The Labute approximate surface area is 483 Å². The molecule has 0 saturated carbocycles. The Hall–Kier alpha value is -8.72. The number of nitrogens with zero attached hydrogens (tertiary/aromatic N) is 3. The van der Waals surface area contributed by atoms with Crippen molar-refractivity contribution in [2.45, 2.75) is 126 Å². The summed E-state index contributed by atoms with van der Waals surface area (Å²) in [6.45, 7) is -0.143. The van der Waals surface area contributed by atoms with Gasteiger partial charge in [-0.05, 0) is 116 Å². The van der Waals surface area contributed by atoms with E-state index in [1.54, 1.807) is 18.2 Å². The number of hydrogen-bond acceptors (Lipinski definition) is 10. The van der Waals surface area contributed by atoms with Gasteiger partial charge in [0.15, 0.2) is 0 Å². The van der Waals surface area contributed by atoms with Crippen LogP contribution in [-0.4, -0.2) is 126 Å². The van der Waals surface area contributed by atoms with Gasteiger partial charge in [-0.25, -0.2) is 8.78 Å². The molecule has 5 heterocycles. The molecule has 3 saturated heterocycles. The highest BCUT2D eigenvalue weighted by Crippen LogP contribution is 2.59. The standard InChI is InChI=1S/C59H60F4N9O12P/c60-38-16-11-34(12-17-38)52(35-13-18-39(61)19-14-35)69-53(76)44(22-25-49(64)73)66-56(79)48-23-20-40-27-28-70(32-46(58(81)72(40)48)67-54(77)45-30-36-29-37(15-21-43(36)65-45)59(62,63)85(82,83)84)51(75)10-5-3-1-2-4-7-33-8-6-9-41-42(33)31-71(57(41)80)47-24-26-50(74)68-55(47)78/h6,8-9,11-19,21,29-30,40,44,46-48,52,65H,1-3,5,10,20,22-28,31-32H2,(H2,64,73)(H,66,79)(H,67,77)(H,69,76)(H,68,74,78)(H2,82,83,84)/t40-,44+,46+,47?,48+/m1/s1. The Bertz CT molecular complexity index is 3540. The fourth-order valence-corrected chi connectivity index (χ4v) is 11.7. The number of aromatic nitrogens is 1. The number of nitrogens with two attached hydrogens (primary N) is 1. The second-order valence-electron chi connectivity index (χ2n) is 21.4. The van der Waals surface area contributed by atoms with Gasteiger partial charge in [-0.2, -0.15) is 8.78 Å². The maximum Gasteiger partial charge on any atom is 0.399 e. The number of carbonyl (C=O) groups is 9. The number of halogens is 4. The van der Waals surface area contributed by atoms with Crippen LogP contribution in [0.25, 0.3) is 10.9 Å². The smallest absolute Gasteiger partial charge is 0.370 e. The Morgan fingerprint density at radius 2 is 1.54 bits per heavy atom. The lowest BCUT2D eigenvalue weighted by Crippen LogP contribution is -2.62. The highest BCUT2D eigenvalue weighted by molar-refractivity contribution is 7.52. The Kier molecular flexibility index (Phi) is 18.4. The van der Waals surface area contributed by atoms with Gasteiger partial charge >= 0.3 is 13.3 Å². The molecule has 0 spiro atoms. The molecule has 4 aromatic carbocycles. The zero-order chi connectivity index (χ0) is 60.9. The van der Waals surface area contributed by atoms with E-state index in [-0.39, 0.29) is 105 Å². The molecule has 3 fully saturated rings. The van der Waals surface area contributed by atoms with Gasteiger partial charge in [0.2, 0.25) is 41.4 Å². The molecule has 446 valence electrons. The van der Waals surface area contributed by atoms with E-state index in [2.05, 4.69) is 38.1 Å². The van der Waals surface area contributed by atoms with Gasteiger partial charge in [0.1, 0.15) is 41.5 Å². The topological polar surface area (TPSA) is 311 Å². The lowest BCUT2D eigenvalue weighted by molar-refractivity contribution is -0.145. The van der Waals surface area contributed by atoms with E-state index in [0.29, 0.717) is 53.5 Å². The first-order valence-corrected chi connectivity index (χ1v) is 29.2. The summed E-state index contributed by atoms with van der Waals surface area (Å²) >= 11 is 0. The molecular weight excluding hydrogens is 1130 g/mol. The van der Waals surface area contributed by atoms with Gasteiger partial charge in [0, 0.05) is 79.0 Å². The van der Waals surface area contributed by atoms with Gasteiger partial charge in [0.05, 0.1) is 6.04 Å². The van der Waals surface area contributed by atoms with Crippen LogP contribution < -0.4 is 27.0 Å². The van der Waals surface area contributed by atoms with Crippen LogP contribution in [0.1, 0.15) is 132 Å². The van der Waals surface area contributed by atoms with E-state index >= 15 is 4.79 Å². The Morgan fingerprint density at radius 3 is 2.21 bits per heavy atom. The van der Waals surface area contributed by atoms with Crippen LogP contribution in [0.15, 0.2) is 91.0 Å². The van der Waals surface area contributed by atoms with E-state index in [0.717, 1.165) is 48.5 Å². The number of rotatable bonds is 19. The summed E-state index contributed by atoms with van der Waals surface area (Å²) in [5.41, 5.74) is 2.30. The zero-order valence-electron chi connectivity index (χ0n) is 45.6. The first-order valence-electron chi connectivity index (χ1n) is 27.6. The molecule has 85 heavy (non-hydrogen) atoms. The van der Waals surface area contributed by atoms with Crippen LogP contribution in [0.5, 0.6) is 0 Å². The molecule has 9 N–H and O–H groups in total. The predicted molar refractivity (Wildman–Crippen MR) is 296 cm³/mol. The minimum Gasteiger partial charge on any atom is -0.370 e. The van der Waals surface area contributed by atoms with E-state index in [9.17, 15) is 70.3 Å². The molecule has 0 aliphatic carbocycles. The lowest BCUT2D eigenvalue weighted by Gasteiger charge is -2.39. The van der Waals surface area contributed by atoms with Crippen molar-refractivity contribution in [3.63, 3.8) is 0 Å². The third-order valence-corrected chi connectivity index (χ3v) is 16.7.